The van der Waals surface area contributed by atoms with E-state index in [1.165, 1.54) is 16.4 Å². The zero-order valence-corrected chi connectivity index (χ0v) is 14.4. The van der Waals surface area contributed by atoms with E-state index in [0.717, 1.165) is 27.4 Å². The van der Waals surface area contributed by atoms with E-state index in [2.05, 4.69) is 19.7 Å². The van der Waals surface area contributed by atoms with E-state index in [-0.39, 0.29) is 0 Å². The van der Waals surface area contributed by atoms with Crippen molar-refractivity contribution in [2.75, 3.05) is 6.26 Å². The molecule has 4 rings (SSSR count). The number of hydrogen-bond acceptors (Lipinski definition) is 5. The van der Waals surface area contributed by atoms with Gasteiger partial charge < -0.3 is 4.57 Å². The van der Waals surface area contributed by atoms with E-state index in [1.54, 1.807) is 0 Å². The number of aromatic nitrogens is 6. The van der Waals surface area contributed by atoms with Crippen LogP contribution in [0, 0.1) is 6.92 Å². The molecule has 0 aliphatic heterocycles. The molecular weight excluding hydrogens is 332 g/mol. The van der Waals surface area contributed by atoms with Crippen LogP contribution in [-0.2, 0) is 7.05 Å². The molecule has 6 nitrogen and oxygen atoms in total. The van der Waals surface area contributed by atoms with Crippen LogP contribution < -0.4 is 0 Å². The van der Waals surface area contributed by atoms with Crippen LogP contribution in [0.2, 0.25) is 5.15 Å². The van der Waals surface area contributed by atoms with E-state index in [9.17, 15) is 0 Å². The van der Waals surface area contributed by atoms with Crippen molar-refractivity contribution in [3.63, 3.8) is 0 Å². The number of nitrogens with zero attached hydrogens (tertiary/aromatic N) is 6. The molecule has 0 aliphatic rings. The molecule has 3 heterocycles. The number of benzene rings is 1. The van der Waals surface area contributed by atoms with Crippen molar-refractivity contribution in [2.24, 2.45) is 7.05 Å². The van der Waals surface area contributed by atoms with E-state index >= 15 is 0 Å². The summed E-state index contributed by atoms with van der Waals surface area (Å²) in [6.07, 6.45) is 1.97. The minimum atomic E-state index is 0.351. The molecule has 1 aromatic carbocycles. The van der Waals surface area contributed by atoms with Crippen LogP contribution in [0.4, 0.5) is 0 Å². The Bertz CT molecular complexity index is 1050. The molecule has 0 spiro atoms. The monoisotopic (exact) mass is 344 g/mol. The van der Waals surface area contributed by atoms with Crippen molar-refractivity contribution < 1.29 is 0 Å². The molecule has 0 radical (unpaired) electrons. The molecule has 23 heavy (non-hydrogen) atoms. The third-order valence-electron chi connectivity index (χ3n) is 3.77. The normalized spacial score (nSPS) is 11.7. The number of thioether (sulfide) groups is 1. The Morgan fingerprint density at radius 2 is 1.91 bits per heavy atom. The summed E-state index contributed by atoms with van der Waals surface area (Å²) in [4.78, 5) is 9.33. The highest BCUT2D eigenvalue weighted by molar-refractivity contribution is 7.98. The standard InChI is InChI=1S/C15H13ClN6S/c1-8-12(16)19-22-14(17-8)11(15(20-22)23-3)13-18-9-6-4-5-7-10(9)21(13)2/h4-7H,1-3H3. The number of halogens is 1. The third kappa shape index (κ3) is 2.11. The van der Waals surface area contributed by atoms with Crippen LogP contribution in [-0.4, -0.2) is 35.6 Å². The van der Waals surface area contributed by atoms with Gasteiger partial charge in [0.1, 0.15) is 10.9 Å². The predicted octanol–water partition coefficient (Wildman–Crippen LogP) is 3.36. The second-order valence-electron chi connectivity index (χ2n) is 5.17. The summed E-state index contributed by atoms with van der Waals surface area (Å²) in [6.45, 7) is 1.83. The first kappa shape index (κ1) is 14.5. The van der Waals surface area contributed by atoms with Crippen molar-refractivity contribution in [3.8, 4) is 11.4 Å². The topological polar surface area (TPSA) is 60.9 Å². The summed E-state index contributed by atoms with van der Waals surface area (Å²) in [6, 6.07) is 8.03. The van der Waals surface area contributed by atoms with Crippen molar-refractivity contribution in [3.05, 3.63) is 35.1 Å². The Hall–Kier alpha value is -2.12. The largest absolute Gasteiger partial charge is 0.327 e. The highest BCUT2D eigenvalue weighted by atomic mass is 35.5. The Morgan fingerprint density at radius 1 is 1.13 bits per heavy atom. The summed E-state index contributed by atoms with van der Waals surface area (Å²) in [5, 5.41) is 9.94. The smallest absolute Gasteiger partial charge is 0.188 e. The zero-order chi connectivity index (χ0) is 16.1. The lowest BCUT2D eigenvalue weighted by Gasteiger charge is -2.03. The van der Waals surface area contributed by atoms with Crippen LogP contribution in [0.3, 0.4) is 0 Å². The van der Waals surface area contributed by atoms with Gasteiger partial charge in [-0.2, -0.15) is 0 Å². The second kappa shape index (κ2) is 5.21. The maximum atomic E-state index is 6.07. The van der Waals surface area contributed by atoms with Crippen LogP contribution >= 0.6 is 23.4 Å². The van der Waals surface area contributed by atoms with E-state index in [0.29, 0.717) is 16.5 Å². The van der Waals surface area contributed by atoms with Gasteiger partial charge in [-0.25, -0.2) is 9.97 Å². The zero-order valence-electron chi connectivity index (χ0n) is 12.8. The molecule has 0 bridgehead atoms. The van der Waals surface area contributed by atoms with Crippen molar-refractivity contribution in [1.29, 1.82) is 0 Å². The number of rotatable bonds is 2. The van der Waals surface area contributed by atoms with E-state index in [4.69, 9.17) is 16.6 Å². The fraction of sp³-hybridized carbons (Fsp3) is 0.200. The molecule has 0 saturated carbocycles. The van der Waals surface area contributed by atoms with Gasteiger partial charge in [0.25, 0.3) is 0 Å². The molecule has 0 saturated heterocycles. The molecule has 3 aromatic heterocycles. The first-order chi connectivity index (χ1) is 11.1. The molecule has 0 N–H and O–H groups in total. The fourth-order valence-corrected chi connectivity index (χ4v) is 3.28. The lowest BCUT2D eigenvalue weighted by molar-refractivity contribution is 0.750. The predicted molar refractivity (Wildman–Crippen MR) is 92.0 cm³/mol. The Labute approximate surface area is 141 Å². The summed E-state index contributed by atoms with van der Waals surface area (Å²) in [5.41, 5.74) is 4.22. The number of imidazole rings is 1. The van der Waals surface area contributed by atoms with Crippen LogP contribution in [0.25, 0.3) is 28.1 Å². The molecule has 8 heteroatoms. The summed E-state index contributed by atoms with van der Waals surface area (Å²) in [7, 11) is 1.99. The van der Waals surface area contributed by atoms with Crippen molar-refractivity contribution >= 4 is 40.0 Å². The fourth-order valence-electron chi connectivity index (χ4n) is 2.62. The van der Waals surface area contributed by atoms with Gasteiger partial charge in [0.15, 0.2) is 10.8 Å². The Kier molecular flexibility index (Phi) is 3.28. The molecule has 4 aromatic rings. The van der Waals surface area contributed by atoms with Gasteiger partial charge in [0, 0.05) is 7.05 Å². The van der Waals surface area contributed by atoms with Gasteiger partial charge in [0.05, 0.1) is 22.3 Å². The number of aryl methyl sites for hydroxylation is 2. The molecule has 0 aliphatic carbocycles. The highest BCUT2D eigenvalue weighted by Crippen LogP contribution is 2.33. The first-order valence-electron chi connectivity index (χ1n) is 6.99. The maximum absolute atomic E-state index is 6.07. The van der Waals surface area contributed by atoms with Gasteiger partial charge in [-0.1, -0.05) is 23.7 Å². The van der Waals surface area contributed by atoms with E-state index < -0.39 is 0 Å². The maximum Gasteiger partial charge on any atom is 0.188 e. The first-order valence-corrected chi connectivity index (χ1v) is 8.59. The average molecular weight is 345 g/mol. The number of para-hydroxylation sites is 2. The molecular formula is C15H13ClN6S. The van der Waals surface area contributed by atoms with Gasteiger partial charge >= 0.3 is 0 Å². The minimum Gasteiger partial charge on any atom is -0.327 e. The van der Waals surface area contributed by atoms with E-state index in [1.807, 2.05) is 44.5 Å². The second-order valence-corrected chi connectivity index (χ2v) is 6.32. The summed E-state index contributed by atoms with van der Waals surface area (Å²) in [5.74, 6) is 0.821. The summed E-state index contributed by atoms with van der Waals surface area (Å²) < 4.78 is 3.54. The van der Waals surface area contributed by atoms with Gasteiger partial charge in [-0.3, -0.25) is 0 Å². The van der Waals surface area contributed by atoms with Crippen molar-refractivity contribution in [2.45, 2.75) is 11.9 Å². The number of fused-ring (bicyclic) bond motifs is 2. The van der Waals surface area contributed by atoms with Gasteiger partial charge in [0.2, 0.25) is 0 Å². The van der Waals surface area contributed by atoms with Crippen LogP contribution in [0.15, 0.2) is 29.3 Å². The molecule has 116 valence electrons. The Balaban J connectivity index is 2.10. The molecule has 0 fully saturated rings. The quantitative estimate of drug-likeness (QED) is 0.522. The third-order valence-corrected chi connectivity index (χ3v) is 4.79. The SMILES string of the molecule is CSc1nn2nc(Cl)c(C)nc2c1-c1nc2ccccc2n1C. The van der Waals surface area contributed by atoms with Crippen LogP contribution in [0.5, 0.6) is 0 Å². The van der Waals surface area contributed by atoms with Crippen molar-refractivity contribution in [1.82, 2.24) is 29.4 Å². The van der Waals surface area contributed by atoms with Gasteiger partial charge in [-0.15, -0.1) is 26.6 Å². The minimum absolute atomic E-state index is 0.351. The summed E-state index contributed by atoms with van der Waals surface area (Å²) >= 11 is 7.61. The molecule has 0 atom stereocenters. The molecule has 0 unspecified atom stereocenters. The number of hydrogen-bond donors (Lipinski definition) is 0. The van der Waals surface area contributed by atoms with Crippen LogP contribution in [0.1, 0.15) is 5.69 Å². The highest BCUT2D eigenvalue weighted by Gasteiger charge is 2.22. The average Bonchev–Trinajstić information content (AvgIpc) is 3.06. The van der Waals surface area contributed by atoms with Gasteiger partial charge in [-0.05, 0) is 25.3 Å². The molecule has 0 amide bonds. The Morgan fingerprint density at radius 3 is 2.65 bits per heavy atom. The lowest BCUT2D eigenvalue weighted by Crippen LogP contribution is -2.00. The lowest BCUT2D eigenvalue weighted by atomic mass is 10.3.